The van der Waals surface area contributed by atoms with E-state index in [1.165, 1.54) is 173 Å². The van der Waals surface area contributed by atoms with Gasteiger partial charge in [0.1, 0.15) is 13.2 Å². The molecule has 0 amide bonds. The number of hydrogen-bond acceptors (Lipinski definition) is 6. The molecule has 0 saturated carbocycles. The van der Waals surface area contributed by atoms with Gasteiger partial charge in [0, 0.05) is 19.3 Å². The third-order valence-corrected chi connectivity index (χ3v) is 11.5. The van der Waals surface area contributed by atoms with Gasteiger partial charge in [0.15, 0.2) is 6.10 Å². The molecule has 6 nitrogen and oxygen atoms in total. The highest BCUT2D eigenvalue weighted by atomic mass is 16.6. The number of carbonyl (C=O) groups is 3. The summed E-state index contributed by atoms with van der Waals surface area (Å²) in [5, 5.41) is 0. The lowest BCUT2D eigenvalue weighted by atomic mass is 10.0. The van der Waals surface area contributed by atoms with Crippen LogP contribution < -0.4 is 0 Å². The van der Waals surface area contributed by atoms with Crippen molar-refractivity contribution in [1.82, 2.24) is 0 Å². The van der Waals surface area contributed by atoms with E-state index in [9.17, 15) is 14.4 Å². The van der Waals surface area contributed by atoms with Gasteiger partial charge in [-0.05, 0) is 25.2 Å². The van der Waals surface area contributed by atoms with Crippen molar-refractivity contribution in [3.63, 3.8) is 0 Å². The van der Waals surface area contributed by atoms with Crippen LogP contribution in [0.25, 0.3) is 0 Å². The summed E-state index contributed by atoms with van der Waals surface area (Å²) in [6.45, 7) is 8.95. The van der Waals surface area contributed by atoms with Gasteiger partial charge in [-0.25, -0.2) is 0 Å². The van der Waals surface area contributed by atoms with E-state index in [0.717, 1.165) is 70.1 Å². The quantitative estimate of drug-likeness (QED) is 0.0346. The Kier molecular flexibility index (Phi) is 44.2. The molecule has 6 heteroatoms. The summed E-state index contributed by atoms with van der Waals surface area (Å²) < 4.78 is 16.7. The van der Waals surface area contributed by atoms with E-state index in [0.29, 0.717) is 19.3 Å². The second kappa shape index (κ2) is 45.5. The summed E-state index contributed by atoms with van der Waals surface area (Å²) in [5.41, 5.74) is 0. The first kappa shape index (κ1) is 55.4. The van der Waals surface area contributed by atoms with Crippen molar-refractivity contribution in [2.24, 2.45) is 5.92 Å². The molecule has 1 atom stereocenters. The second-order valence-electron chi connectivity index (χ2n) is 17.9. The molecule has 0 heterocycles. The number of rotatable bonds is 46. The van der Waals surface area contributed by atoms with E-state index in [-0.39, 0.29) is 31.1 Å². The van der Waals surface area contributed by atoms with Crippen molar-refractivity contribution in [2.45, 2.75) is 291 Å². The first-order chi connectivity index (χ1) is 27.9. The summed E-state index contributed by atoms with van der Waals surface area (Å²) in [6, 6.07) is 0. The van der Waals surface area contributed by atoms with Gasteiger partial charge in [-0.1, -0.05) is 246 Å². The smallest absolute Gasteiger partial charge is 0.306 e. The van der Waals surface area contributed by atoms with Gasteiger partial charge in [-0.2, -0.15) is 0 Å². The molecule has 0 aromatic heterocycles. The average molecular weight is 807 g/mol. The largest absolute Gasteiger partial charge is 0.462 e. The zero-order valence-corrected chi connectivity index (χ0v) is 38.8. The van der Waals surface area contributed by atoms with Crippen molar-refractivity contribution in [3.8, 4) is 0 Å². The summed E-state index contributed by atoms with van der Waals surface area (Å²) in [5.74, 6) is -0.0293. The van der Waals surface area contributed by atoms with Crippen LogP contribution in [0.5, 0.6) is 0 Å². The highest BCUT2D eigenvalue weighted by molar-refractivity contribution is 5.71. The minimum Gasteiger partial charge on any atom is -0.462 e. The Hall–Kier alpha value is -1.59. The summed E-state index contributed by atoms with van der Waals surface area (Å²) in [7, 11) is 0. The maximum atomic E-state index is 12.7. The lowest BCUT2D eigenvalue weighted by Gasteiger charge is -2.18. The topological polar surface area (TPSA) is 78.9 Å². The van der Waals surface area contributed by atoms with Crippen LogP contribution in [0.15, 0.2) is 0 Å². The SMILES string of the molecule is CCCCCCCCCCCCCCCCCCCCCC(=O)OC[C@H](COC(=O)CCCCCCC)OC(=O)CCCCCCCCCCCCCCC(C)C. The van der Waals surface area contributed by atoms with Crippen LogP contribution in [0.4, 0.5) is 0 Å². The predicted octanol–water partition coefficient (Wildman–Crippen LogP) is 16.3. The standard InChI is InChI=1S/C51H98O6/c1-5-7-9-11-12-13-14-15-16-17-18-19-20-21-25-28-31-35-39-43-50(53)56-46-48(45-55-49(52)42-38-33-10-8-6-2)57-51(54)44-40-36-32-29-26-23-22-24-27-30-34-37-41-47(3)4/h47-48H,5-46H2,1-4H3/t48-/m0/s1. The molecule has 0 rings (SSSR count). The van der Waals surface area contributed by atoms with E-state index in [1.54, 1.807) is 0 Å². The fourth-order valence-electron chi connectivity index (χ4n) is 7.69. The Labute approximate surface area is 355 Å². The minimum absolute atomic E-state index is 0.0641. The Morgan fingerprint density at radius 3 is 0.860 bits per heavy atom. The zero-order valence-electron chi connectivity index (χ0n) is 38.8. The van der Waals surface area contributed by atoms with Gasteiger partial charge in [0.05, 0.1) is 0 Å². The van der Waals surface area contributed by atoms with Gasteiger partial charge < -0.3 is 14.2 Å². The van der Waals surface area contributed by atoms with E-state index in [4.69, 9.17) is 14.2 Å². The Morgan fingerprint density at radius 1 is 0.333 bits per heavy atom. The number of ether oxygens (including phenoxy) is 3. The number of carbonyl (C=O) groups excluding carboxylic acids is 3. The molecular weight excluding hydrogens is 709 g/mol. The molecule has 0 bridgehead atoms. The predicted molar refractivity (Wildman–Crippen MR) is 243 cm³/mol. The molecule has 0 unspecified atom stereocenters. The first-order valence-corrected chi connectivity index (χ1v) is 25.4. The normalized spacial score (nSPS) is 11.9. The Balaban J connectivity index is 4.09. The zero-order chi connectivity index (χ0) is 41.7. The summed E-state index contributed by atoms with van der Waals surface area (Å²) in [4.78, 5) is 37.6. The Morgan fingerprint density at radius 2 is 0.579 bits per heavy atom. The maximum Gasteiger partial charge on any atom is 0.306 e. The highest BCUT2D eigenvalue weighted by Crippen LogP contribution is 2.17. The molecule has 0 N–H and O–H groups in total. The van der Waals surface area contributed by atoms with Crippen LogP contribution in [0.2, 0.25) is 0 Å². The molecule has 0 aromatic rings. The molecule has 0 saturated heterocycles. The van der Waals surface area contributed by atoms with E-state index in [2.05, 4.69) is 27.7 Å². The van der Waals surface area contributed by atoms with Crippen LogP contribution in [0.1, 0.15) is 285 Å². The monoisotopic (exact) mass is 807 g/mol. The molecule has 0 aliphatic rings. The molecule has 57 heavy (non-hydrogen) atoms. The first-order valence-electron chi connectivity index (χ1n) is 25.4. The molecule has 0 aliphatic carbocycles. The van der Waals surface area contributed by atoms with Gasteiger partial charge in [-0.15, -0.1) is 0 Å². The van der Waals surface area contributed by atoms with Gasteiger partial charge in [0.2, 0.25) is 0 Å². The number of hydrogen-bond donors (Lipinski definition) is 0. The van der Waals surface area contributed by atoms with Crippen molar-refractivity contribution in [2.75, 3.05) is 13.2 Å². The molecule has 338 valence electrons. The molecule has 0 aromatic carbocycles. The van der Waals surface area contributed by atoms with Crippen LogP contribution >= 0.6 is 0 Å². The van der Waals surface area contributed by atoms with Crippen LogP contribution in [-0.2, 0) is 28.6 Å². The molecule has 0 aliphatic heterocycles. The van der Waals surface area contributed by atoms with Gasteiger partial charge in [-0.3, -0.25) is 14.4 Å². The van der Waals surface area contributed by atoms with Gasteiger partial charge >= 0.3 is 17.9 Å². The van der Waals surface area contributed by atoms with E-state index >= 15 is 0 Å². The van der Waals surface area contributed by atoms with Crippen molar-refractivity contribution >= 4 is 17.9 Å². The molecule has 0 radical (unpaired) electrons. The van der Waals surface area contributed by atoms with Crippen LogP contribution in [-0.4, -0.2) is 37.2 Å². The maximum absolute atomic E-state index is 12.7. The highest BCUT2D eigenvalue weighted by Gasteiger charge is 2.19. The molecule has 0 fully saturated rings. The molecular formula is C51H98O6. The van der Waals surface area contributed by atoms with Gasteiger partial charge in [0.25, 0.3) is 0 Å². The number of unbranched alkanes of at least 4 members (excludes halogenated alkanes) is 33. The third kappa shape index (κ3) is 45.3. The van der Waals surface area contributed by atoms with E-state index < -0.39 is 6.10 Å². The number of esters is 3. The van der Waals surface area contributed by atoms with Crippen LogP contribution in [0, 0.1) is 5.92 Å². The van der Waals surface area contributed by atoms with Crippen molar-refractivity contribution in [3.05, 3.63) is 0 Å². The fraction of sp³-hybridized carbons (Fsp3) is 0.941. The molecule has 0 spiro atoms. The van der Waals surface area contributed by atoms with Crippen molar-refractivity contribution in [1.29, 1.82) is 0 Å². The lowest BCUT2D eigenvalue weighted by Crippen LogP contribution is -2.30. The van der Waals surface area contributed by atoms with Crippen molar-refractivity contribution < 1.29 is 28.6 Å². The summed E-state index contributed by atoms with van der Waals surface area (Å²) in [6.07, 6.45) is 47.0. The van der Waals surface area contributed by atoms with E-state index in [1.807, 2.05) is 0 Å². The van der Waals surface area contributed by atoms with Crippen LogP contribution in [0.3, 0.4) is 0 Å². The lowest BCUT2D eigenvalue weighted by molar-refractivity contribution is -0.167. The third-order valence-electron chi connectivity index (χ3n) is 11.5. The minimum atomic E-state index is -0.759. The fourth-order valence-corrected chi connectivity index (χ4v) is 7.69. The Bertz CT molecular complexity index is 857. The average Bonchev–Trinajstić information content (AvgIpc) is 3.19. The summed E-state index contributed by atoms with van der Waals surface area (Å²) >= 11 is 0. The second-order valence-corrected chi connectivity index (χ2v) is 17.9.